The van der Waals surface area contributed by atoms with Crippen molar-refractivity contribution in [2.75, 3.05) is 0 Å². The summed E-state index contributed by atoms with van der Waals surface area (Å²) in [6.45, 7) is 8.35. The predicted molar refractivity (Wildman–Crippen MR) is 137 cm³/mol. The van der Waals surface area contributed by atoms with Gasteiger partial charge in [-0.05, 0) is 68.4 Å². The van der Waals surface area contributed by atoms with Crippen LogP contribution in [0.4, 0.5) is 0 Å². The van der Waals surface area contributed by atoms with E-state index in [1.807, 2.05) is 26.0 Å². The molecular formula is C27H35N3O3S. The first-order valence-electron chi connectivity index (χ1n) is 12.3. The Kier molecular flexibility index (Phi) is 7.41. The van der Waals surface area contributed by atoms with Crippen LogP contribution in [0, 0.1) is 18.8 Å². The smallest absolute Gasteiger partial charge is 0.326 e. The van der Waals surface area contributed by atoms with Crippen LogP contribution < -0.4 is 5.32 Å². The summed E-state index contributed by atoms with van der Waals surface area (Å²) < 4.78 is 2.41. The van der Waals surface area contributed by atoms with Crippen molar-refractivity contribution in [3.63, 3.8) is 0 Å². The van der Waals surface area contributed by atoms with Gasteiger partial charge in [0, 0.05) is 27.8 Å². The molecule has 2 aromatic heterocycles. The summed E-state index contributed by atoms with van der Waals surface area (Å²) in [5.41, 5.74) is 2.29. The molecule has 34 heavy (non-hydrogen) atoms. The molecule has 7 heteroatoms. The number of amides is 1. The number of hydrogen-bond donors (Lipinski definition) is 2. The summed E-state index contributed by atoms with van der Waals surface area (Å²) in [4.78, 5) is 32.1. The van der Waals surface area contributed by atoms with Gasteiger partial charge >= 0.3 is 5.97 Å². The Bertz CT molecular complexity index is 1180. The van der Waals surface area contributed by atoms with E-state index >= 15 is 0 Å². The highest BCUT2D eigenvalue weighted by molar-refractivity contribution is 7.11. The van der Waals surface area contributed by atoms with Gasteiger partial charge in [0.1, 0.15) is 11.9 Å². The predicted octanol–water partition coefficient (Wildman–Crippen LogP) is 5.98. The van der Waals surface area contributed by atoms with E-state index in [9.17, 15) is 14.7 Å². The van der Waals surface area contributed by atoms with Crippen LogP contribution >= 0.6 is 11.3 Å². The van der Waals surface area contributed by atoms with Crippen LogP contribution in [-0.4, -0.2) is 32.6 Å². The lowest BCUT2D eigenvalue weighted by molar-refractivity contribution is -0.139. The molecule has 3 atom stereocenters. The SMILES string of the molecule is Cc1ccc(Cc2nc3cc(C(=O)N[C@@H](CC(C)C)C(=O)O)ccc3n2C2CCCCC2C)s1. The number of aryl methyl sites for hydroxylation is 1. The van der Waals surface area contributed by atoms with Crippen molar-refractivity contribution in [2.24, 2.45) is 11.8 Å². The van der Waals surface area contributed by atoms with Crippen molar-refractivity contribution in [3.8, 4) is 0 Å². The van der Waals surface area contributed by atoms with Crippen molar-refractivity contribution >= 4 is 34.2 Å². The highest BCUT2D eigenvalue weighted by Crippen LogP contribution is 2.37. The number of carboxylic acids is 1. The first-order valence-corrected chi connectivity index (χ1v) is 13.1. The van der Waals surface area contributed by atoms with E-state index in [4.69, 9.17) is 4.98 Å². The van der Waals surface area contributed by atoms with E-state index in [0.717, 1.165) is 29.7 Å². The molecule has 1 aliphatic rings. The molecule has 1 aliphatic carbocycles. The van der Waals surface area contributed by atoms with Gasteiger partial charge in [-0.2, -0.15) is 0 Å². The van der Waals surface area contributed by atoms with Crippen LogP contribution in [0.25, 0.3) is 11.0 Å². The van der Waals surface area contributed by atoms with Crippen molar-refractivity contribution in [3.05, 3.63) is 51.5 Å². The largest absolute Gasteiger partial charge is 0.480 e. The fraction of sp³-hybridized carbons (Fsp3) is 0.519. The maximum Gasteiger partial charge on any atom is 0.326 e. The van der Waals surface area contributed by atoms with E-state index in [1.165, 1.54) is 29.0 Å². The van der Waals surface area contributed by atoms with Crippen molar-refractivity contribution in [1.29, 1.82) is 0 Å². The molecule has 0 spiro atoms. The molecule has 1 amide bonds. The van der Waals surface area contributed by atoms with Crippen molar-refractivity contribution in [2.45, 2.75) is 78.3 Å². The second-order valence-corrected chi connectivity index (χ2v) is 11.5. The number of aromatic nitrogens is 2. The number of benzene rings is 1. The van der Waals surface area contributed by atoms with Gasteiger partial charge in [0.05, 0.1) is 11.0 Å². The second kappa shape index (κ2) is 10.3. The molecule has 4 rings (SSSR count). The average Bonchev–Trinajstić information content (AvgIpc) is 3.35. The lowest BCUT2D eigenvalue weighted by Gasteiger charge is -2.31. The van der Waals surface area contributed by atoms with E-state index in [1.54, 1.807) is 17.4 Å². The summed E-state index contributed by atoms with van der Waals surface area (Å²) >= 11 is 1.80. The molecule has 0 radical (unpaired) electrons. The number of rotatable bonds is 8. The zero-order chi connectivity index (χ0) is 24.4. The Morgan fingerprint density at radius 1 is 1.21 bits per heavy atom. The zero-order valence-corrected chi connectivity index (χ0v) is 21.3. The fourth-order valence-corrected chi connectivity index (χ4v) is 6.02. The fourth-order valence-electron chi connectivity index (χ4n) is 5.14. The third kappa shape index (κ3) is 5.35. The van der Waals surface area contributed by atoms with Gasteiger partial charge in [0.15, 0.2) is 0 Å². The molecule has 1 saturated carbocycles. The van der Waals surface area contributed by atoms with E-state index < -0.39 is 12.0 Å². The highest BCUT2D eigenvalue weighted by atomic mass is 32.1. The number of carbonyl (C=O) groups is 2. The summed E-state index contributed by atoms with van der Waals surface area (Å²) in [6.07, 6.45) is 6.01. The minimum Gasteiger partial charge on any atom is -0.480 e. The van der Waals surface area contributed by atoms with E-state index in [2.05, 4.69) is 35.9 Å². The zero-order valence-electron chi connectivity index (χ0n) is 20.5. The Morgan fingerprint density at radius 2 is 1.97 bits per heavy atom. The van der Waals surface area contributed by atoms with Crippen LogP contribution in [0.2, 0.25) is 0 Å². The standard InChI is InChI=1S/C27H35N3O3S/c1-16(2)13-22(27(32)33)29-26(31)19-10-12-24-21(14-19)28-25(15-20-11-9-18(4)34-20)30(24)23-8-6-5-7-17(23)3/h9-12,14,16-17,22-23H,5-8,13,15H2,1-4H3,(H,29,31)(H,32,33)/t17?,22-,23?/m0/s1. The van der Waals surface area contributed by atoms with Crippen LogP contribution in [0.15, 0.2) is 30.3 Å². The van der Waals surface area contributed by atoms with E-state index in [-0.39, 0.29) is 11.8 Å². The lowest BCUT2D eigenvalue weighted by atomic mass is 9.85. The van der Waals surface area contributed by atoms with E-state index in [0.29, 0.717) is 23.9 Å². The third-order valence-electron chi connectivity index (χ3n) is 6.86. The van der Waals surface area contributed by atoms with Crippen molar-refractivity contribution < 1.29 is 14.7 Å². The number of fused-ring (bicyclic) bond motifs is 1. The minimum atomic E-state index is -1.01. The van der Waals surface area contributed by atoms with Crippen LogP contribution in [0.5, 0.6) is 0 Å². The molecule has 0 bridgehead atoms. The second-order valence-electron chi connectivity index (χ2n) is 10.1. The molecule has 1 aromatic carbocycles. The maximum absolute atomic E-state index is 12.9. The van der Waals surface area contributed by atoms with Gasteiger partial charge < -0.3 is 15.0 Å². The summed E-state index contributed by atoms with van der Waals surface area (Å²) in [5.74, 6) is 0.403. The molecule has 0 aliphatic heterocycles. The van der Waals surface area contributed by atoms with Gasteiger partial charge in [-0.1, -0.05) is 33.6 Å². The van der Waals surface area contributed by atoms with Gasteiger partial charge in [-0.15, -0.1) is 11.3 Å². The quantitative estimate of drug-likeness (QED) is 0.415. The Balaban J connectivity index is 1.69. The molecule has 182 valence electrons. The molecule has 3 aromatic rings. The number of nitrogens with one attached hydrogen (secondary N) is 1. The summed E-state index contributed by atoms with van der Waals surface area (Å²) in [7, 11) is 0. The van der Waals surface area contributed by atoms with Gasteiger partial charge in [-0.3, -0.25) is 4.79 Å². The minimum absolute atomic E-state index is 0.167. The number of aliphatic carboxylic acids is 1. The highest BCUT2D eigenvalue weighted by Gasteiger charge is 2.28. The Labute approximate surface area is 205 Å². The molecular weight excluding hydrogens is 446 g/mol. The Hall–Kier alpha value is -2.67. The number of hydrogen-bond acceptors (Lipinski definition) is 4. The van der Waals surface area contributed by atoms with Gasteiger partial charge in [0.2, 0.25) is 0 Å². The number of carbonyl (C=O) groups excluding carboxylic acids is 1. The maximum atomic E-state index is 12.9. The normalized spacial score (nSPS) is 19.4. The monoisotopic (exact) mass is 481 g/mol. The van der Waals surface area contributed by atoms with Crippen LogP contribution in [0.1, 0.15) is 84.9 Å². The topological polar surface area (TPSA) is 84.2 Å². The molecule has 0 saturated heterocycles. The lowest BCUT2D eigenvalue weighted by Crippen LogP contribution is -2.41. The number of carboxylic acid groups (broad SMARTS) is 1. The molecule has 6 nitrogen and oxygen atoms in total. The first-order chi connectivity index (χ1) is 16.2. The van der Waals surface area contributed by atoms with Crippen molar-refractivity contribution in [1.82, 2.24) is 14.9 Å². The number of imidazole rings is 1. The molecule has 2 unspecified atom stereocenters. The van der Waals surface area contributed by atoms with Crippen LogP contribution in [0.3, 0.4) is 0 Å². The molecule has 2 heterocycles. The average molecular weight is 482 g/mol. The third-order valence-corrected chi connectivity index (χ3v) is 7.86. The number of thiophene rings is 1. The van der Waals surface area contributed by atoms with Crippen LogP contribution in [-0.2, 0) is 11.2 Å². The van der Waals surface area contributed by atoms with Gasteiger partial charge in [0.25, 0.3) is 5.91 Å². The number of nitrogens with zero attached hydrogens (tertiary/aromatic N) is 2. The summed E-state index contributed by atoms with van der Waals surface area (Å²) in [6, 6.07) is 9.42. The summed E-state index contributed by atoms with van der Waals surface area (Å²) in [5, 5.41) is 12.2. The Morgan fingerprint density at radius 3 is 2.62 bits per heavy atom. The van der Waals surface area contributed by atoms with Gasteiger partial charge in [-0.25, -0.2) is 9.78 Å². The molecule has 2 N–H and O–H groups in total. The molecule has 1 fully saturated rings. The first kappa shape index (κ1) is 24.5.